The monoisotopic (exact) mass is 351 g/mol. The van der Waals surface area contributed by atoms with Crippen molar-refractivity contribution in [1.29, 1.82) is 0 Å². The number of benzene rings is 2. The first-order valence-corrected chi connectivity index (χ1v) is 8.18. The Hall–Kier alpha value is -3.48. The van der Waals surface area contributed by atoms with Crippen LogP contribution in [0.15, 0.2) is 59.1 Å². The van der Waals surface area contributed by atoms with Crippen molar-refractivity contribution >= 4 is 6.03 Å². The van der Waals surface area contributed by atoms with Crippen LogP contribution < -0.4 is 20.1 Å². The third-order valence-electron chi connectivity index (χ3n) is 3.90. The van der Waals surface area contributed by atoms with E-state index in [0.29, 0.717) is 23.9 Å². The second-order valence-electron chi connectivity index (χ2n) is 5.71. The maximum atomic E-state index is 12.0. The minimum atomic E-state index is -0.304. The molecule has 2 aromatic carbocycles. The predicted molar refractivity (Wildman–Crippen MR) is 93.6 cm³/mol. The van der Waals surface area contributed by atoms with Crippen molar-refractivity contribution in [1.82, 2.24) is 15.6 Å². The number of nitrogens with zero attached hydrogens (tertiary/aromatic N) is 1. The average molecular weight is 351 g/mol. The molecule has 132 valence electrons. The summed E-state index contributed by atoms with van der Waals surface area (Å²) in [6.07, 6.45) is 1.65. The van der Waals surface area contributed by atoms with Crippen LogP contribution in [0.5, 0.6) is 11.5 Å². The van der Waals surface area contributed by atoms with E-state index >= 15 is 0 Å². The normalized spacial score (nSPS) is 12.0. The van der Waals surface area contributed by atoms with Crippen molar-refractivity contribution in [2.45, 2.75) is 13.1 Å². The summed E-state index contributed by atoms with van der Waals surface area (Å²) in [5.74, 6) is 2.53. The van der Waals surface area contributed by atoms with Gasteiger partial charge in [0.05, 0.1) is 12.7 Å². The topological polar surface area (TPSA) is 85.6 Å². The molecular weight excluding hydrogens is 334 g/mol. The molecule has 7 nitrogen and oxygen atoms in total. The molecule has 2 heterocycles. The van der Waals surface area contributed by atoms with Gasteiger partial charge in [-0.1, -0.05) is 36.4 Å². The van der Waals surface area contributed by atoms with Crippen LogP contribution in [-0.4, -0.2) is 17.8 Å². The van der Waals surface area contributed by atoms with Crippen LogP contribution in [0.3, 0.4) is 0 Å². The Morgan fingerprint density at radius 2 is 1.81 bits per heavy atom. The van der Waals surface area contributed by atoms with Gasteiger partial charge in [-0.2, -0.15) is 0 Å². The lowest BCUT2D eigenvalue weighted by Gasteiger charge is -2.07. The van der Waals surface area contributed by atoms with E-state index in [9.17, 15) is 4.79 Å². The summed E-state index contributed by atoms with van der Waals surface area (Å²) < 4.78 is 16.2. The van der Waals surface area contributed by atoms with Gasteiger partial charge in [0.15, 0.2) is 17.3 Å². The molecule has 0 spiro atoms. The Morgan fingerprint density at radius 3 is 2.69 bits per heavy atom. The van der Waals surface area contributed by atoms with Crippen LogP contribution in [0.1, 0.15) is 11.5 Å². The molecule has 0 aliphatic carbocycles. The highest BCUT2D eigenvalue weighted by Gasteiger charge is 2.13. The third kappa shape index (κ3) is 3.61. The predicted octanol–water partition coefficient (Wildman–Crippen LogP) is 3.07. The molecule has 1 aromatic heterocycles. The lowest BCUT2D eigenvalue weighted by Crippen LogP contribution is -2.34. The van der Waals surface area contributed by atoms with E-state index in [2.05, 4.69) is 15.6 Å². The zero-order valence-corrected chi connectivity index (χ0v) is 13.9. The lowest BCUT2D eigenvalue weighted by atomic mass is 10.2. The standard InChI is InChI=1S/C19H17N3O4/c23-19(21-9-13-6-7-15-16(8-13)25-12-24-15)22-11-18-20-10-17(26-18)14-4-2-1-3-5-14/h1-8,10H,9,11-12H2,(H2,21,22,23). The number of hydrogen-bond acceptors (Lipinski definition) is 5. The number of nitrogens with one attached hydrogen (secondary N) is 2. The molecule has 0 fully saturated rings. The number of hydrogen-bond donors (Lipinski definition) is 2. The summed E-state index contributed by atoms with van der Waals surface area (Å²) in [5, 5.41) is 5.51. The van der Waals surface area contributed by atoms with Gasteiger partial charge >= 0.3 is 6.03 Å². The van der Waals surface area contributed by atoms with E-state index in [1.54, 1.807) is 6.20 Å². The molecule has 0 saturated heterocycles. The van der Waals surface area contributed by atoms with Gasteiger partial charge in [0, 0.05) is 12.1 Å². The minimum Gasteiger partial charge on any atom is -0.454 e. The minimum absolute atomic E-state index is 0.208. The van der Waals surface area contributed by atoms with Crippen LogP contribution in [0.25, 0.3) is 11.3 Å². The second-order valence-corrected chi connectivity index (χ2v) is 5.71. The number of amides is 2. The number of ether oxygens (including phenoxy) is 2. The molecule has 0 radical (unpaired) electrons. The van der Waals surface area contributed by atoms with Gasteiger partial charge in [-0.25, -0.2) is 9.78 Å². The van der Waals surface area contributed by atoms with Crippen LogP contribution >= 0.6 is 0 Å². The first-order chi connectivity index (χ1) is 12.8. The van der Waals surface area contributed by atoms with Crippen LogP contribution in [0.2, 0.25) is 0 Å². The molecule has 0 atom stereocenters. The number of aromatic nitrogens is 1. The van der Waals surface area contributed by atoms with E-state index in [4.69, 9.17) is 13.9 Å². The lowest BCUT2D eigenvalue weighted by molar-refractivity contribution is 0.174. The van der Waals surface area contributed by atoms with Crippen LogP contribution in [0, 0.1) is 0 Å². The molecule has 0 bridgehead atoms. The molecule has 2 amide bonds. The first-order valence-electron chi connectivity index (χ1n) is 8.18. The van der Waals surface area contributed by atoms with Crippen LogP contribution in [-0.2, 0) is 13.1 Å². The van der Waals surface area contributed by atoms with E-state index in [1.165, 1.54) is 0 Å². The summed E-state index contributed by atoms with van der Waals surface area (Å²) in [6.45, 7) is 0.816. The van der Waals surface area contributed by atoms with Gasteiger partial charge in [-0.3, -0.25) is 0 Å². The Kier molecular flexibility index (Phi) is 4.42. The Labute approximate surface area is 150 Å². The summed E-state index contributed by atoms with van der Waals surface area (Å²) in [5.41, 5.74) is 1.87. The summed E-state index contributed by atoms with van der Waals surface area (Å²) in [7, 11) is 0. The molecule has 0 saturated carbocycles. The quantitative estimate of drug-likeness (QED) is 0.738. The molecule has 4 rings (SSSR count). The number of urea groups is 1. The Bertz CT molecular complexity index is 908. The van der Waals surface area contributed by atoms with Gasteiger partial charge in [-0.15, -0.1) is 0 Å². The zero-order chi connectivity index (χ0) is 17.8. The Balaban J connectivity index is 1.27. The fraction of sp³-hybridized carbons (Fsp3) is 0.158. The molecule has 1 aliphatic rings. The SMILES string of the molecule is O=C(NCc1ccc2c(c1)OCO2)NCc1ncc(-c2ccccc2)o1. The number of oxazole rings is 1. The maximum Gasteiger partial charge on any atom is 0.315 e. The average Bonchev–Trinajstić information content (AvgIpc) is 3.34. The highest BCUT2D eigenvalue weighted by atomic mass is 16.7. The highest BCUT2D eigenvalue weighted by Crippen LogP contribution is 2.32. The molecule has 2 N–H and O–H groups in total. The van der Waals surface area contributed by atoms with Crippen LogP contribution in [0.4, 0.5) is 4.79 Å². The van der Waals surface area contributed by atoms with Crippen molar-refractivity contribution in [3.63, 3.8) is 0 Å². The van der Waals surface area contributed by atoms with Gasteiger partial charge in [0.2, 0.25) is 12.7 Å². The second kappa shape index (κ2) is 7.18. The zero-order valence-electron chi connectivity index (χ0n) is 13.9. The van der Waals surface area contributed by atoms with Gasteiger partial charge < -0.3 is 24.5 Å². The van der Waals surface area contributed by atoms with Gasteiger partial charge in [0.1, 0.15) is 0 Å². The fourth-order valence-corrected chi connectivity index (χ4v) is 2.58. The number of fused-ring (bicyclic) bond motifs is 1. The van der Waals surface area contributed by atoms with E-state index < -0.39 is 0 Å². The van der Waals surface area contributed by atoms with Crippen molar-refractivity contribution in [3.8, 4) is 22.8 Å². The van der Waals surface area contributed by atoms with E-state index in [1.807, 2.05) is 48.5 Å². The maximum absolute atomic E-state index is 12.0. The van der Waals surface area contributed by atoms with E-state index in [-0.39, 0.29) is 19.4 Å². The highest BCUT2D eigenvalue weighted by molar-refractivity contribution is 5.73. The fourth-order valence-electron chi connectivity index (χ4n) is 2.58. The van der Waals surface area contributed by atoms with Crippen molar-refractivity contribution in [2.24, 2.45) is 0 Å². The molecule has 0 unspecified atom stereocenters. The molecule has 1 aliphatic heterocycles. The first kappa shape index (κ1) is 16.0. The van der Waals surface area contributed by atoms with Crippen molar-refractivity contribution in [2.75, 3.05) is 6.79 Å². The molecule has 3 aromatic rings. The number of carbonyl (C=O) groups excluding carboxylic acids is 1. The van der Waals surface area contributed by atoms with Crippen molar-refractivity contribution in [3.05, 3.63) is 66.2 Å². The number of rotatable bonds is 5. The third-order valence-corrected chi connectivity index (χ3v) is 3.90. The van der Waals surface area contributed by atoms with Crippen molar-refractivity contribution < 1.29 is 18.7 Å². The molecule has 7 heteroatoms. The number of carbonyl (C=O) groups is 1. The smallest absolute Gasteiger partial charge is 0.315 e. The summed E-state index contributed by atoms with van der Waals surface area (Å²) in [6, 6.07) is 14.9. The molecule has 26 heavy (non-hydrogen) atoms. The molecular formula is C19H17N3O4. The summed E-state index contributed by atoms with van der Waals surface area (Å²) >= 11 is 0. The van der Waals surface area contributed by atoms with Gasteiger partial charge in [0.25, 0.3) is 0 Å². The Morgan fingerprint density at radius 1 is 1.00 bits per heavy atom. The van der Waals surface area contributed by atoms with Gasteiger partial charge in [-0.05, 0) is 17.7 Å². The largest absolute Gasteiger partial charge is 0.454 e. The van der Waals surface area contributed by atoms with E-state index in [0.717, 1.165) is 16.9 Å². The summed E-state index contributed by atoms with van der Waals surface area (Å²) in [4.78, 5) is 16.1.